The second kappa shape index (κ2) is 11.6. The zero-order valence-corrected chi connectivity index (χ0v) is 20.0. The number of hydrogen-bond acceptors (Lipinski definition) is 4. The fourth-order valence-electron chi connectivity index (χ4n) is 3.04. The summed E-state index contributed by atoms with van der Waals surface area (Å²) in [4.78, 5) is 12.7. The molecular weight excluding hydrogens is 478 g/mol. The highest BCUT2D eigenvalue weighted by atomic mass is 35.5. The number of nitrogens with zero attached hydrogens (tertiary/aromatic N) is 1. The highest BCUT2D eigenvalue weighted by Crippen LogP contribution is 2.38. The number of aryl methyl sites for hydroxylation is 1. The Morgan fingerprint density at radius 3 is 2.53 bits per heavy atom. The van der Waals surface area contributed by atoms with E-state index in [0.717, 1.165) is 11.1 Å². The van der Waals surface area contributed by atoms with Gasteiger partial charge in [0.1, 0.15) is 24.1 Å². The van der Waals surface area contributed by atoms with Crippen molar-refractivity contribution < 1.29 is 18.7 Å². The third-order valence-electron chi connectivity index (χ3n) is 4.75. The third-order valence-corrected chi connectivity index (χ3v) is 5.27. The molecule has 0 spiro atoms. The van der Waals surface area contributed by atoms with E-state index < -0.39 is 5.91 Å². The second-order valence-electron chi connectivity index (χ2n) is 7.26. The molecular formula is C26H21Cl2FN2O3. The van der Waals surface area contributed by atoms with Gasteiger partial charge in [0.25, 0.3) is 5.91 Å². The van der Waals surface area contributed by atoms with Crippen molar-refractivity contribution in [3.05, 3.63) is 92.7 Å². The lowest BCUT2D eigenvalue weighted by molar-refractivity contribution is -0.112. The molecule has 0 saturated heterocycles. The molecule has 0 bridgehead atoms. The first-order valence-electron chi connectivity index (χ1n) is 10.3. The Morgan fingerprint density at radius 1 is 1.12 bits per heavy atom. The molecule has 0 atom stereocenters. The van der Waals surface area contributed by atoms with Gasteiger partial charge in [0.05, 0.1) is 11.6 Å². The van der Waals surface area contributed by atoms with Crippen LogP contribution in [0.3, 0.4) is 0 Å². The van der Waals surface area contributed by atoms with E-state index in [0.29, 0.717) is 34.4 Å². The molecule has 3 aromatic rings. The summed E-state index contributed by atoms with van der Waals surface area (Å²) in [5, 5.41) is 13.0. The molecule has 1 amide bonds. The molecule has 3 aromatic carbocycles. The molecule has 0 aromatic heterocycles. The molecule has 174 valence electrons. The normalized spacial score (nSPS) is 11.0. The Hall–Kier alpha value is -3.53. The van der Waals surface area contributed by atoms with E-state index in [4.69, 9.17) is 32.7 Å². The molecule has 0 aliphatic heterocycles. The fraction of sp³-hybridized carbons (Fsp3) is 0.154. The van der Waals surface area contributed by atoms with E-state index in [1.54, 1.807) is 42.5 Å². The Bertz CT molecular complexity index is 1270. The lowest BCUT2D eigenvalue weighted by atomic mass is 10.1. The lowest BCUT2D eigenvalue weighted by Gasteiger charge is -2.15. The third kappa shape index (κ3) is 6.50. The quantitative estimate of drug-likeness (QED) is 0.269. The van der Waals surface area contributed by atoms with E-state index >= 15 is 0 Å². The van der Waals surface area contributed by atoms with Crippen molar-refractivity contribution in [2.24, 2.45) is 0 Å². The number of halogens is 3. The molecule has 0 fully saturated rings. The number of nitriles is 1. The van der Waals surface area contributed by atoms with Crippen LogP contribution in [0.4, 0.5) is 10.1 Å². The van der Waals surface area contributed by atoms with Crippen molar-refractivity contribution in [3.63, 3.8) is 0 Å². The number of nitrogens with one attached hydrogen (secondary N) is 1. The summed E-state index contributed by atoms with van der Waals surface area (Å²) in [6, 6.07) is 16.1. The van der Waals surface area contributed by atoms with Gasteiger partial charge in [0.15, 0.2) is 11.5 Å². The van der Waals surface area contributed by atoms with Crippen molar-refractivity contribution in [1.82, 2.24) is 0 Å². The van der Waals surface area contributed by atoms with Crippen molar-refractivity contribution >= 4 is 40.9 Å². The summed E-state index contributed by atoms with van der Waals surface area (Å²) in [7, 11) is 0. The summed E-state index contributed by atoms with van der Waals surface area (Å²) >= 11 is 12.5. The average molecular weight is 499 g/mol. The van der Waals surface area contributed by atoms with Crippen molar-refractivity contribution in [1.29, 1.82) is 5.26 Å². The molecule has 0 aliphatic carbocycles. The molecule has 3 rings (SSSR count). The monoisotopic (exact) mass is 498 g/mol. The molecule has 0 unspecified atom stereocenters. The average Bonchev–Trinajstić information content (AvgIpc) is 2.80. The summed E-state index contributed by atoms with van der Waals surface area (Å²) in [6.45, 7) is 4.12. The predicted molar refractivity (Wildman–Crippen MR) is 132 cm³/mol. The number of rotatable bonds is 8. The maximum absolute atomic E-state index is 13.1. The summed E-state index contributed by atoms with van der Waals surface area (Å²) in [5.74, 6) is -0.261. The first-order valence-corrected chi connectivity index (χ1v) is 11.1. The van der Waals surface area contributed by atoms with Gasteiger partial charge in [-0.2, -0.15) is 5.26 Å². The SMILES string of the molecule is CCOc1cc(/C=C(\C#N)C(=O)Nc2cc(Cl)ccc2C)cc(Cl)c1OCc1ccc(F)cc1. The maximum atomic E-state index is 13.1. The standard InChI is InChI=1S/C26H21Cl2FN2O3/c1-3-33-24-12-18(11-22(28)25(24)34-15-17-5-8-21(29)9-6-17)10-19(14-30)26(32)31-23-13-20(27)7-4-16(23)2/h4-13H,3,15H2,1-2H3,(H,31,32)/b19-10+. The molecule has 0 heterocycles. The van der Waals surface area contributed by atoms with Gasteiger partial charge >= 0.3 is 0 Å². The van der Waals surface area contributed by atoms with Crippen LogP contribution in [0, 0.1) is 24.1 Å². The van der Waals surface area contributed by atoms with Crippen LogP contribution in [0.5, 0.6) is 11.5 Å². The van der Waals surface area contributed by atoms with Gasteiger partial charge in [0.2, 0.25) is 0 Å². The highest BCUT2D eigenvalue weighted by Gasteiger charge is 2.15. The number of hydrogen-bond donors (Lipinski definition) is 1. The largest absolute Gasteiger partial charge is 0.490 e. The van der Waals surface area contributed by atoms with Crippen LogP contribution in [-0.2, 0) is 11.4 Å². The molecule has 1 N–H and O–H groups in total. The van der Waals surface area contributed by atoms with Crippen LogP contribution in [0.15, 0.2) is 60.2 Å². The number of ether oxygens (including phenoxy) is 2. The van der Waals surface area contributed by atoms with E-state index in [9.17, 15) is 14.4 Å². The number of carbonyl (C=O) groups excluding carboxylic acids is 1. The van der Waals surface area contributed by atoms with E-state index in [1.165, 1.54) is 18.2 Å². The smallest absolute Gasteiger partial charge is 0.266 e. The Morgan fingerprint density at radius 2 is 1.85 bits per heavy atom. The topological polar surface area (TPSA) is 71.3 Å². The van der Waals surface area contributed by atoms with E-state index in [2.05, 4.69) is 5.32 Å². The second-order valence-corrected chi connectivity index (χ2v) is 8.10. The van der Waals surface area contributed by atoms with Crippen LogP contribution >= 0.6 is 23.2 Å². The zero-order valence-electron chi connectivity index (χ0n) is 18.5. The molecule has 0 saturated carbocycles. The molecule has 34 heavy (non-hydrogen) atoms. The van der Waals surface area contributed by atoms with Gasteiger partial charge in [-0.25, -0.2) is 4.39 Å². The predicted octanol–water partition coefficient (Wildman–Crippen LogP) is 6.96. The minimum Gasteiger partial charge on any atom is -0.490 e. The highest BCUT2D eigenvalue weighted by molar-refractivity contribution is 6.32. The van der Waals surface area contributed by atoms with Crippen LogP contribution in [-0.4, -0.2) is 12.5 Å². The van der Waals surface area contributed by atoms with Crippen LogP contribution in [0.1, 0.15) is 23.6 Å². The van der Waals surface area contributed by atoms with Crippen LogP contribution in [0.25, 0.3) is 6.08 Å². The minimum absolute atomic E-state index is 0.127. The van der Waals surface area contributed by atoms with Crippen molar-refractivity contribution in [3.8, 4) is 17.6 Å². The summed E-state index contributed by atoms with van der Waals surface area (Å²) in [6.07, 6.45) is 1.41. The van der Waals surface area contributed by atoms with Gasteiger partial charge in [-0.05, 0) is 73.0 Å². The summed E-state index contributed by atoms with van der Waals surface area (Å²) < 4.78 is 24.6. The van der Waals surface area contributed by atoms with Crippen molar-refractivity contribution in [2.75, 3.05) is 11.9 Å². The molecule has 5 nitrogen and oxygen atoms in total. The molecule has 0 aliphatic rings. The lowest BCUT2D eigenvalue weighted by Crippen LogP contribution is -2.14. The van der Waals surface area contributed by atoms with Gasteiger partial charge in [0, 0.05) is 10.7 Å². The molecule has 0 radical (unpaired) electrons. The number of anilines is 1. The van der Waals surface area contributed by atoms with Gasteiger partial charge in [-0.15, -0.1) is 0 Å². The minimum atomic E-state index is -0.585. The van der Waals surface area contributed by atoms with Gasteiger partial charge < -0.3 is 14.8 Å². The van der Waals surface area contributed by atoms with E-state index in [-0.39, 0.29) is 23.0 Å². The Kier molecular flexibility index (Phi) is 8.53. The maximum Gasteiger partial charge on any atom is 0.266 e. The Labute approximate surface area is 207 Å². The first-order chi connectivity index (χ1) is 16.3. The van der Waals surface area contributed by atoms with Gasteiger partial charge in [-0.1, -0.05) is 41.4 Å². The van der Waals surface area contributed by atoms with Crippen LogP contribution < -0.4 is 14.8 Å². The fourth-order valence-corrected chi connectivity index (χ4v) is 3.49. The zero-order chi connectivity index (χ0) is 24.7. The first kappa shape index (κ1) is 25.1. The van der Waals surface area contributed by atoms with Crippen molar-refractivity contribution in [2.45, 2.75) is 20.5 Å². The van der Waals surface area contributed by atoms with E-state index in [1.807, 2.05) is 19.9 Å². The number of amides is 1. The summed E-state index contributed by atoms with van der Waals surface area (Å²) in [5.41, 5.74) is 2.43. The van der Waals surface area contributed by atoms with Gasteiger partial charge in [-0.3, -0.25) is 4.79 Å². The Balaban J connectivity index is 1.85. The number of carbonyl (C=O) groups is 1. The van der Waals surface area contributed by atoms with Crippen LogP contribution in [0.2, 0.25) is 10.0 Å². The molecule has 8 heteroatoms. The number of benzene rings is 3.